The van der Waals surface area contributed by atoms with Crippen LogP contribution in [0.25, 0.3) is 0 Å². The van der Waals surface area contributed by atoms with Crippen LogP contribution in [0.15, 0.2) is 12.2 Å². The summed E-state index contributed by atoms with van der Waals surface area (Å²) in [5, 5.41) is 0. The highest BCUT2D eigenvalue weighted by molar-refractivity contribution is 5.93. The van der Waals surface area contributed by atoms with Crippen molar-refractivity contribution in [2.75, 3.05) is 0 Å². The molecule has 0 aromatic carbocycles. The third kappa shape index (κ3) is 5.17. The molecule has 3 heteroatoms. The first kappa shape index (κ1) is 11.9. The minimum absolute atomic E-state index is 0.502. The lowest BCUT2D eigenvalue weighted by Crippen LogP contribution is -2.25. The fraction of sp³-hybridized carbons (Fsp3) is 0.600. The van der Waals surface area contributed by atoms with E-state index in [-0.39, 0.29) is 0 Å². The topological polar surface area (TPSA) is 43.4 Å². The molecule has 0 aliphatic carbocycles. The highest BCUT2D eigenvalue weighted by Gasteiger charge is 2.24. The Bertz CT molecular complexity index is 221. The summed E-state index contributed by atoms with van der Waals surface area (Å²) in [6.45, 7) is 7.00. The largest absolute Gasteiger partial charge is 0.389 e. The van der Waals surface area contributed by atoms with E-state index in [1.807, 2.05) is 6.92 Å². The first-order valence-electron chi connectivity index (χ1n) is 4.30. The van der Waals surface area contributed by atoms with Crippen molar-refractivity contribution in [2.45, 2.75) is 34.1 Å². The van der Waals surface area contributed by atoms with Gasteiger partial charge >= 0.3 is 11.9 Å². The zero-order valence-electron chi connectivity index (χ0n) is 8.59. The second kappa shape index (κ2) is 4.80. The van der Waals surface area contributed by atoms with Crippen LogP contribution in [0.5, 0.6) is 0 Å². The first-order chi connectivity index (χ1) is 5.88. The van der Waals surface area contributed by atoms with Gasteiger partial charge in [-0.3, -0.25) is 4.79 Å². The molecule has 0 fully saturated rings. The Morgan fingerprint density at radius 2 is 1.85 bits per heavy atom. The van der Waals surface area contributed by atoms with Crippen molar-refractivity contribution in [3.63, 3.8) is 0 Å². The molecule has 0 aromatic heterocycles. The molecule has 0 heterocycles. The van der Waals surface area contributed by atoms with Crippen LogP contribution in [-0.2, 0) is 14.3 Å². The molecular weight excluding hydrogens is 168 g/mol. The Morgan fingerprint density at radius 1 is 1.31 bits per heavy atom. The molecule has 74 valence electrons. The molecule has 3 nitrogen and oxygen atoms in total. The summed E-state index contributed by atoms with van der Waals surface area (Å²) >= 11 is 0. The van der Waals surface area contributed by atoms with Crippen molar-refractivity contribution in [3.8, 4) is 0 Å². The Labute approximate surface area is 78.8 Å². The second-order valence-corrected chi connectivity index (χ2v) is 3.77. The number of carbonyl (C=O) groups excluding carboxylic acids is 2. The molecule has 13 heavy (non-hydrogen) atoms. The molecular formula is C10H16O3. The number of allylic oxidation sites excluding steroid dienone is 1. The van der Waals surface area contributed by atoms with E-state index in [2.05, 4.69) is 4.74 Å². The predicted octanol–water partition coefficient (Wildman–Crippen LogP) is 2.07. The third-order valence-electron chi connectivity index (χ3n) is 1.30. The van der Waals surface area contributed by atoms with Gasteiger partial charge in [0.25, 0.3) is 0 Å². The quantitative estimate of drug-likeness (QED) is 0.375. The van der Waals surface area contributed by atoms with Gasteiger partial charge in [-0.2, -0.15) is 0 Å². The number of esters is 2. The van der Waals surface area contributed by atoms with Gasteiger partial charge in [-0.05, 0) is 27.2 Å². The molecule has 0 aliphatic heterocycles. The van der Waals surface area contributed by atoms with Gasteiger partial charge in [0.2, 0.25) is 0 Å². The lowest BCUT2D eigenvalue weighted by Gasteiger charge is -2.14. The maximum Gasteiger partial charge on any atom is 0.338 e. The second-order valence-electron chi connectivity index (χ2n) is 3.77. The zero-order valence-corrected chi connectivity index (χ0v) is 8.59. The predicted molar refractivity (Wildman–Crippen MR) is 50.0 cm³/mol. The van der Waals surface area contributed by atoms with Crippen molar-refractivity contribution < 1.29 is 14.3 Å². The van der Waals surface area contributed by atoms with Crippen LogP contribution in [0.1, 0.15) is 34.1 Å². The SMILES string of the molecule is CC/C=C/C(=O)OC(=O)C(C)(C)C. The Morgan fingerprint density at radius 3 is 2.23 bits per heavy atom. The molecule has 0 saturated heterocycles. The van der Waals surface area contributed by atoms with Crippen LogP contribution in [0.4, 0.5) is 0 Å². The van der Waals surface area contributed by atoms with E-state index in [1.54, 1.807) is 26.8 Å². The lowest BCUT2D eigenvalue weighted by molar-refractivity contribution is -0.162. The molecule has 0 radical (unpaired) electrons. The number of rotatable bonds is 2. The van der Waals surface area contributed by atoms with Gasteiger partial charge in [-0.25, -0.2) is 4.79 Å². The van der Waals surface area contributed by atoms with E-state index < -0.39 is 17.4 Å². The minimum atomic E-state index is -0.629. The van der Waals surface area contributed by atoms with Crippen LogP contribution in [-0.4, -0.2) is 11.9 Å². The molecule has 0 spiro atoms. The Kier molecular flexibility index (Phi) is 4.38. The first-order valence-corrected chi connectivity index (χ1v) is 4.30. The summed E-state index contributed by atoms with van der Waals surface area (Å²) < 4.78 is 4.55. The van der Waals surface area contributed by atoms with Gasteiger partial charge in [0, 0.05) is 6.08 Å². The summed E-state index contributed by atoms with van der Waals surface area (Å²) in [6.07, 6.45) is 3.67. The van der Waals surface area contributed by atoms with Gasteiger partial charge in [0.15, 0.2) is 0 Å². The normalized spacial score (nSPS) is 11.7. The molecule has 0 rings (SSSR count). The molecule has 0 bridgehead atoms. The van der Waals surface area contributed by atoms with Gasteiger partial charge in [0.05, 0.1) is 5.41 Å². The third-order valence-corrected chi connectivity index (χ3v) is 1.30. The molecule has 0 aromatic rings. The summed E-state index contributed by atoms with van der Waals surface area (Å²) in [7, 11) is 0. The van der Waals surface area contributed by atoms with Gasteiger partial charge in [0.1, 0.15) is 0 Å². The zero-order chi connectivity index (χ0) is 10.5. The minimum Gasteiger partial charge on any atom is -0.389 e. The smallest absolute Gasteiger partial charge is 0.338 e. The highest BCUT2D eigenvalue weighted by atomic mass is 16.6. The summed E-state index contributed by atoms with van der Waals surface area (Å²) in [4.78, 5) is 22.1. The fourth-order valence-corrected chi connectivity index (χ4v) is 0.493. The summed E-state index contributed by atoms with van der Waals surface area (Å²) in [6, 6.07) is 0. The number of hydrogen-bond acceptors (Lipinski definition) is 3. The van der Waals surface area contributed by atoms with Crippen LogP contribution in [0, 0.1) is 5.41 Å². The molecule has 0 atom stereocenters. The Balaban J connectivity index is 4.08. The van der Waals surface area contributed by atoms with Gasteiger partial charge in [-0.15, -0.1) is 0 Å². The van der Waals surface area contributed by atoms with Crippen molar-refractivity contribution in [1.29, 1.82) is 0 Å². The van der Waals surface area contributed by atoms with Crippen LogP contribution < -0.4 is 0 Å². The highest BCUT2D eigenvalue weighted by Crippen LogP contribution is 2.15. The van der Waals surface area contributed by atoms with E-state index in [1.165, 1.54) is 6.08 Å². The van der Waals surface area contributed by atoms with Crippen molar-refractivity contribution >= 4 is 11.9 Å². The maximum atomic E-state index is 11.2. The van der Waals surface area contributed by atoms with Crippen LogP contribution in [0.3, 0.4) is 0 Å². The van der Waals surface area contributed by atoms with Gasteiger partial charge in [-0.1, -0.05) is 13.0 Å². The Hall–Kier alpha value is -1.12. The monoisotopic (exact) mass is 184 g/mol. The number of carbonyl (C=O) groups is 2. The standard InChI is InChI=1S/C10H16O3/c1-5-6-7-8(11)13-9(12)10(2,3)4/h6-7H,5H2,1-4H3/b7-6+. The summed E-state index contributed by atoms with van der Waals surface area (Å²) in [5.41, 5.74) is -0.629. The molecule has 0 aliphatic rings. The van der Waals surface area contributed by atoms with E-state index >= 15 is 0 Å². The average molecular weight is 184 g/mol. The van der Waals surface area contributed by atoms with Crippen LogP contribution >= 0.6 is 0 Å². The van der Waals surface area contributed by atoms with Gasteiger partial charge < -0.3 is 4.74 Å². The van der Waals surface area contributed by atoms with E-state index in [0.717, 1.165) is 6.42 Å². The molecule has 0 amide bonds. The van der Waals surface area contributed by atoms with E-state index in [0.29, 0.717) is 0 Å². The summed E-state index contributed by atoms with van der Waals surface area (Å²) in [5.74, 6) is -1.10. The lowest BCUT2D eigenvalue weighted by atomic mass is 9.97. The fourth-order valence-electron chi connectivity index (χ4n) is 0.493. The molecule has 0 saturated carbocycles. The van der Waals surface area contributed by atoms with Crippen molar-refractivity contribution in [1.82, 2.24) is 0 Å². The maximum absolute atomic E-state index is 11.2. The number of ether oxygens (including phenoxy) is 1. The molecule has 0 N–H and O–H groups in total. The van der Waals surface area contributed by atoms with E-state index in [4.69, 9.17) is 0 Å². The van der Waals surface area contributed by atoms with Crippen molar-refractivity contribution in [3.05, 3.63) is 12.2 Å². The average Bonchev–Trinajstić information content (AvgIpc) is 1.99. The van der Waals surface area contributed by atoms with Crippen LogP contribution in [0.2, 0.25) is 0 Å². The number of hydrogen-bond donors (Lipinski definition) is 0. The molecule has 0 unspecified atom stereocenters. The van der Waals surface area contributed by atoms with Crippen molar-refractivity contribution in [2.24, 2.45) is 5.41 Å². The van der Waals surface area contributed by atoms with E-state index in [9.17, 15) is 9.59 Å².